The molecule has 0 aliphatic rings. The van der Waals surface area contributed by atoms with Gasteiger partial charge in [0.25, 0.3) is 0 Å². The molecule has 0 amide bonds. The molecule has 0 aliphatic heterocycles. The van der Waals surface area contributed by atoms with Gasteiger partial charge in [0.2, 0.25) is 0 Å². The highest BCUT2D eigenvalue weighted by Gasteiger charge is 2.07. The van der Waals surface area contributed by atoms with Crippen molar-refractivity contribution < 1.29 is 4.52 Å². The Bertz CT molecular complexity index is 464. The fourth-order valence-electron chi connectivity index (χ4n) is 1.27. The molecule has 1 N–H and O–H groups in total. The first-order valence-electron chi connectivity index (χ1n) is 5.10. The van der Waals surface area contributed by atoms with E-state index in [0.29, 0.717) is 5.92 Å². The predicted molar refractivity (Wildman–Crippen MR) is 67.2 cm³/mol. The molecule has 0 atom stereocenters. The van der Waals surface area contributed by atoms with E-state index in [-0.39, 0.29) is 0 Å². The van der Waals surface area contributed by atoms with Crippen molar-refractivity contribution in [3.63, 3.8) is 0 Å². The SMILES string of the molecule is CC(C)c1cc(NCc2ccc(Cl)s2)no1. The summed E-state index contributed by atoms with van der Waals surface area (Å²) in [5, 5.41) is 7.14. The molecule has 0 saturated carbocycles. The van der Waals surface area contributed by atoms with Crippen LogP contribution in [0.2, 0.25) is 4.34 Å². The number of aromatic nitrogens is 1. The van der Waals surface area contributed by atoms with Gasteiger partial charge in [0, 0.05) is 16.9 Å². The lowest BCUT2D eigenvalue weighted by atomic mass is 10.2. The summed E-state index contributed by atoms with van der Waals surface area (Å²) in [6.45, 7) is 4.87. The van der Waals surface area contributed by atoms with Crippen molar-refractivity contribution in [3.05, 3.63) is 33.2 Å². The molecule has 0 saturated heterocycles. The molecule has 2 aromatic rings. The van der Waals surface area contributed by atoms with Gasteiger partial charge in [0.15, 0.2) is 5.82 Å². The summed E-state index contributed by atoms with van der Waals surface area (Å²) < 4.78 is 5.99. The third-order valence-corrected chi connectivity index (χ3v) is 3.40. The molecule has 2 heterocycles. The Morgan fingerprint density at radius 3 is 2.88 bits per heavy atom. The van der Waals surface area contributed by atoms with Crippen molar-refractivity contribution in [1.29, 1.82) is 0 Å². The molecule has 0 radical (unpaired) electrons. The van der Waals surface area contributed by atoms with Crippen LogP contribution in [0, 0.1) is 0 Å². The van der Waals surface area contributed by atoms with E-state index < -0.39 is 0 Å². The second-order valence-electron chi connectivity index (χ2n) is 3.83. The van der Waals surface area contributed by atoms with Crippen LogP contribution in [0.5, 0.6) is 0 Å². The van der Waals surface area contributed by atoms with E-state index in [9.17, 15) is 0 Å². The molecule has 2 rings (SSSR count). The van der Waals surface area contributed by atoms with Gasteiger partial charge in [0.05, 0.1) is 10.9 Å². The number of rotatable bonds is 4. The van der Waals surface area contributed by atoms with Gasteiger partial charge in [-0.25, -0.2) is 0 Å². The molecule has 0 bridgehead atoms. The van der Waals surface area contributed by atoms with E-state index in [1.165, 1.54) is 4.88 Å². The fraction of sp³-hybridized carbons (Fsp3) is 0.364. The molecule has 0 spiro atoms. The maximum Gasteiger partial charge on any atom is 0.169 e. The minimum Gasteiger partial charge on any atom is -0.362 e. The van der Waals surface area contributed by atoms with Crippen molar-refractivity contribution in [2.45, 2.75) is 26.3 Å². The van der Waals surface area contributed by atoms with Crippen LogP contribution < -0.4 is 5.32 Å². The first-order chi connectivity index (χ1) is 7.65. The first kappa shape index (κ1) is 11.5. The molecule has 0 fully saturated rings. The summed E-state index contributed by atoms with van der Waals surface area (Å²) in [7, 11) is 0. The third kappa shape index (κ3) is 2.77. The lowest BCUT2D eigenvalue weighted by Crippen LogP contribution is -1.96. The van der Waals surface area contributed by atoms with Crippen LogP contribution >= 0.6 is 22.9 Å². The molecule has 86 valence electrons. The lowest BCUT2D eigenvalue weighted by Gasteiger charge is -1.97. The topological polar surface area (TPSA) is 38.1 Å². The normalized spacial score (nSPS) is 11.0. The van der Waals surface area contributed by atoms with Crippen LogP contribution in [-0.2, 0) is 6.54 Å². The molecular weight excluding hydrogens is 244 g/mol. The number of halogens is 1. The number of hydrogen-bond donors (Lipinski definition) is 1. The number of anilines is 1. The first-order valence-corrected chi connectivity index (χ1v) is 6.29. The molecule has 2 aromatic heterocycles. The highest BCUT2D eigenvalue weighted by atomic mass is 35.5. The second-order valence-corrected chi connectivity index (χ2v) is 5.63. The number of thiophene rings is 1. The van der Waals surface area contributed by atoms with E-state index in [1.54, 1.807) is 11.3 Å². The van der Waals surface area contributed by atoms with Crippen LogP contribution in [0.25, 0.3) is 0 Å². The van der Waals surface area contributed by atoms with Crippen LogP contribution in [0.1, 0.15) is 30.4 Å². The highest BCUT2D eigenvalue weighted by Crippen LogP contribution is 2.23. The van der Waals surface area contributed by atoms with Crippen LogP contribution in [0.3, 0.4) is 0 Å². The third-order valence-electron chi connectivity index (χ3n) is 2.17. The number of nitrogens with one attached hydrogen (secondary N) is 1. The van der Waals surface area contributed by atoms with Crippen molar-refractivity contribution in [1.82, 2.24) is 5.16 Å². The maximum absolute atomic E-state index is 5.84. The minimum absolute atomic E-state index is 0.360. The smallest absolute Gasteiger partial charge is 0.169 e. The van der Waals surface area contributed by atoms with E-state index in [2.05, 4.69) is 24.3 Å². The summed E-state index contributed by atoms with van der Waals surface area (Å²) in [4.78, 5) is 1.18. The predicted octanol–water partition coefficient (Wildman–Crippen LogP) is 4.13. The lowest BCUT2D eigenvalue weighted by molar-refractivity contribution is 0.373. The van der Waals surface area contributed by atoms with Crippen molar-refractivity contribution in [3.8, 4) is 0 Å². The van der Waals surface area contributed by atoms with Crippen LogP contribution in [0.4, 0.5) is 5.82 Å². The van der Waals surface area contributed by atoms with Gasteiger partial charge in [-0.1, -0.05) is 30.6 Å². The maximum atomic E-state index is 5.84. The molecule has 16 heavy (non-hydrogen) atoms. The quantitative estimate of drug-likeness (QED) is 0.894. The highest BCUT2D eigenvalue weighted by molar-refractivity contribution is 7.16. The van der Waals surface area contributed by atoms with Crippen LogP contribution in [0.15, 0.2) is 22.7 Å². The fourth-order valence-corrected chi connectivity index (χ4v) is 2.30. The zero-order valence-corrected chi connectivity index (χ0v) is 10.7. The Hall–Kier alpha value is -1.00. The van der Waals surface area contributed by atoms with Crippen LogP contribution in [-0.4, -0.2) is 5.16 Å². The standard InChI is InChI=1S/C11H13ClN2OS/c1-7(2)9-5-11(14-15-9)13-6-8-3-4-10(12)16-8/h3-5,7H,6H2,1-2H3,(H,13,14). The Morgan fingerprint density at radius 1 is 1.50 bits per heavy atom. The summed E-state index contributed by atoms with van der Waals surface area (Å²) in [5.41, 5.74) is 0. The van der Waals surface area contributed by atoms with E-state index in [4.69, 9.17) is 16.1 Å². The van der Waals surface area contributed by atoms with Gasteiger partial charge in [-0.05, 0) is 12.1 Å². The van der Waals surface area contributed by atoms with Gasteiger partial charge in [-0.3, -0.25) is 0 Å². The second kappa shape index (κ2) is 4.89. The van der Waals surface area contributed by atoms with Crippen molar-refractivity contribution in [2.75, 3.05) is 5.32 Å². The average molecular weight is 257 g/mol. The molecule has 0 aromatic carbocycles. The Labute approximate surface area is 103 Å². The van der Waals surface area contributed by atoms with Crippen molar-refractivity contribution >= 4 is 28.8 Å². The molecule has 3 nitrogen and oxygen atoms in total. The minimum atomic E-state index is 0.360. The Balaban J connectivity index is 1.94. The largest absolute Gasteiger partial charge is 0.362 e. The van der Waals surface area contributed by atoms with E-state index >= 15 is 0 Å². The zero-order valence-electron chi connectivity index (χ0n) is 9.16. The molecule has 0 aliphatic carbocycles. The van der Waals surface area contributed by atoms with Gasteiger partial charge < -0.3 is 9.84 Å². The van der Waals surface area contributed by atoms with Gasteiger partial charge in [-0.15, -0.1) is 11.3 Å². The average Bonchev–Trinajstić information content (AvgIpc) is 2.83. The Kier molecular flexibility index (Phi) is 3.51. The summed E-state index contributed by atoms with van der Waals surface area (Å²) in [6.07, 6.45) is 0. The van der Waals surface area contributed by atoms with E-state index in [0.717, 1.165) is 22.5 Å². The molecule has 5 heteroatoms. The summed E-state index contributed by atoms with van der Waals surface area (Å²) in [5.74, 6) is 2.03. The van der Waals surface area contributed by atoms with Crippen molar-refractivity contribution in [2.24, 2.45) is 0 Å². The van der Waals surface area contributed by atoms with Gasteiger partial charge in [0.1, 0.15) is 5.76 Å². The van der Waals surface area contributed by atoms with E-state index in [1.807, 2.05) is 18.2 Å². The monoisotopic (exact) mass is 256 g/mol. The molecular formula is C11H13ClN2OS. The molecule has 0 unspecified atom stereocenters. The Morgan fingerprint density at radius 2 is 2.31 bits per heavy atom. The number of nitrogens with zero attached hydrogens (tertiary/aromatic N) is 1. The zero-order chi connectivity index (χ0) is 11.5. The van der Waals surface area contributed by atoms with Gasteiger partial charge in [-0.2, -0.15) is 0 Å². The number of hydrogen-bond acceptors (Lipinski definition) is 4. The summed E-state index contributed by atoms with van der Waals surface area (Å²) >= 11 is 7.41. The summed E-state index contributed by atoms with van der Waals surface area (Å²) in [6, 6.07) is 5.83. The van der Waals surface area contributed by atoms with Gasteiger partial charge >= 0.3 is 0 Å².